The van der Waals surface area contributed by atoms with Crippen molar-refractivity contribution >= 4 is 28.4 Å². The molecule has 0 unspecified atom stereocenters. The number of fused-ring (bicyclic) bond motifs is 2. The van der Waals surface area contributed by atoms with Crippen molar-refractivity contribution in [2.45, 2.75) is 89.8 Å². The molecule has 36 heavy (non-hydrogen) atoms. The molecule has 0 atom stereocenters. The molecule has 1 saturated carbocycles. The van der Waals surface area contributed by atoms with E-state index in [4.69, 9.17) is 10.7 Å². The van der Waals surface area contributed by atoms with Gasteiger partial charge in [-0.2, -0.15) is 0 Å². The number of carbonyl (C=O) groups excluding carboxylic acids is 1. The third-order valence-corrected chi connectivity index (χ3v) is 8.95. The fourth-order valence-electron chi connectivity index (χ4n) is 6.77. The van der Waals surface area contributed by atoms with E-state index in [1.54, 1.807) is 0 Å². The van der Waals surface area contributed by atoms with E-state index in [1.807, 2.05) is 12.4 Å². The predicted octanol–water partition coefficient (Wildman–Crippen LogP) is 5.29. The van der Waals surface area contributed by atoms with Crippen LogP contribution in [0, 0.1) is 0 Å². The highest BCUT2D eigenvalue weighted by atomic mass is 16.2. The summed E-state index contributed by atoms with van der Waals surface area (Å²) in [4.78, 5) is 27.8. The van der Waals surface area contributed by atoms with Gasteiger partial charge in [0.2, 0.25) is 5.91 Å². The molecule has 1 amide bonds. The molecule has 7 heteroatoms. The number of rotatable bonds is 4. The van der Waals surface area contributed by atoms with Crippen LogP contribution in [0.15, 0.2) is 30.6 Å². The summed E-state index contributed by atoms with van der Waals surface area (Å²) in [5.41, 5.74) is 11.7. The largest absolute Gasteiger partial charge is 0.382 e. The standard InChI is InChI=1S/C29H38N6O/c1-18(2)34-17-31-23-14-22(32-26(30)25(23)34)19-9-10-21-24(13-19)35(27(36)28(21,3)4)20-15-29(5,16-20)33-11-7-6-8-12-33/h9-10,13-14,17-18,20H,6-8,11-12,15-16H2,1-5H3,(H2,30,32). The first-order valence-electron chi connectivity index (χ1n) is 13.5. The van der Waals surface area contributed by atoms with Crippen LogP contribution in [-0.2, 0) is 10.2 Å². The number of hydrogen-bond donors (Lipinski definition) is 1. The summed E-state index contributed by atoms with van der Waals surface area (Å²) in [5, 5.41) is 0. The highest BCUT2D eigenvalue weighted by Crippen LogP contribution is 2.50. The number of likely N-dealkylation sites (tertiary alicyclic amines) is 1. The molecule has 7 nitrogen and oxygen atoms in total. The number of benzene rings is 1. The van der Waals surface area contributed by atoms with E-state index in [0.717, 1.165) is 46.4 Å². The number of aromatic nitrogens is 3. The smallest absolute Gasteiger partial charge is 0.237 e. The Morgan fingerprint density at radius 1 is 1.06 bits per heavy atom. The molecule has 1 aromatic carbocycles. The SMILES string of the molecule is CC(C)n1cnc2cc(-c3ccc4c(c3)N(C3CC(C)(N5CCCCC5)C3)C(=O)C4(C)C)nc(N)c21. The molecule has 0 spiro atoms. The zero-order chi connectivity index (χ0) is 25.4. The number of nitrogen functional groups attached to an aromatic ring is 1. The molecular formula is C29H38N6O. The number of carbonyl (C=O) groups is 1. The van der Waals surface area contributed by atoms with Gasteiger partial charge in [-0.1, -0.05) is 18.6 Å². The van der Waals surface area contributed by atoms with Gasteiger partial charge in [-0.05, 0) is 91.1 Å². The second-order valence-electron chi connectivity index (χ2n) is 12.1. The summed E-state index contributed by atoms with van der Waals surface area (Å²) in [5.74, 6) is 0.692. The van der Waals surface area contributed by atoms with Crippen LogP contribution in [0.1, 0.15) is 78.3 Å². The van der Waals surface area contributed by atoms with Crippen LogP contribution in [0.4, 0.5) is 11.5 Å². The Balaban J connectivity index is 1.35. The van der Waals surface area contributed by atoms with Crippen molar-refractivity contribution in [1.29, 1.82) is 0 Å². The van der Waals surface area contributed by atoms with E-state index in [0.29, 0.717) is 5.82 Å². The first kappa shape index (κ1) is 23.5. The molecule has 190 valence electrons. The Morgan fingerprint density at radius 2 is 1.78 bits per heavy atom. The summed E-state index contributed by atoms with van der Waals surface area (Å²) in [6.45, 7) is 13.1. The Morgan fingerprint density at radius 3 is 2.47 bits per heavy atom. The van der Waals surface area contributed by atoms with Gasteiger partial charge in [0.1, 0.15) is 11.3 Å². The van der Waals surface area contributed by atoms with Crippen molar-refractivity contribution in [2.75, 3.05) is 23.7 Å². The molecule has 4 heterocycles. The number of pyridine rings is 1. The maximum Gasteiger partial charge on any atom is 0.237 e. The fourth-order valence-corrected chi connectivity index (χ4v) is 6.77. The average Bonchev–Trinajstić information content (AvgIpc) is 3.35. The molecule has 1 aliphatic carbocycles. The summed E-state index contributed by atoms with van der Waals surface area (Å²) >= 11 is 0. The lowest BCUT2D eigenvalue weighted by Crippen LogP contribution is -2.64. The van der Waals surface area contributed by atoms with Crippen LogP contribution < -0.4 is 10.6 Å². The van der Waals surface area contributed by atoms with Crippen molar-refractivity contribution < 1.29 is 4.79 Å². The molecule has 1 saturated heterocycles. The van der Waals surface area contributed by atoms with E-state index >= 15 is 0 Å². The molecule has 6 rings (SSSR count). The minimum absolute atomic E-state index is 0.201. The molecule has 0 radical (unpaired) electrons. The number of nitrogens with zero attached hydrogens (tertiary/aromatic N) is 5. The van der Waals surface area contributed by atoms with Crippen LogP contribution >= 0.6 is 0 Å². The molecule has 2 aromatic heterocycles. The van der Waals surface area contributed by atoms with E-state index < -0.39 is 5.41 Å². The molecular weight excluding hydrogens is 448 g/mol. The van der Waals surface area contributed by atoms with Crippen LogP contribution in [-0.4, -0.2) is 50.0 Å². The summed E-state index contributed by atoms with van der Waals surface area (Å²) in [6.07, 6.45) is 7.81. The van der Waals surface area contributed by atoms with E-state index in [9.17, 15) is 4.79 Å². The molecule has 2 aliphatic heterocycles. The maximum absolute atomic E-state index is 13.7. The first-order valence-corrected chi connectivity index (χ1v) is 13.5. The van der Waals surface area contributed by atoms with Crippen molar-refractivity contribution in [3.63, 3.8) is 0 Å². The number of piperidine rings is 1. The first-order chi connectivity index (χ1) is 17.1. The van der Waals surface area contributed by atoms with Crippen molar-refractivity contribution in [3.05, 3.63) is 36.2 Å². The highest BCUT2D eigenvalue weighted by molar-refractivity contribution is 6.08. The summed E-state index contributed by atoms with van der Waals surface area (Å²) < 4.78 is 2.06. The lowest BCUT2D eigenvalue weighted by atomic mass is 9.71. The van der Waals surface area contributed by atoms with E-state index in [-0.39, 0.29) is 23.5 Å². The van der Waals surface area contributed by atoms with Gasteiger partial charge in [-0.3, -0.25) is 9.69 Å². The minimum Gasteiger partial charge on any atom is -0.382 e. The number of amides is 1. The number of nitrogens with two attached hydrogens (primary N) is 1. The zero-order valence-electron chi connectivity index (χ0n) is 22.2. The average molecular weight is 487 g/mol. The topological polar surface area (TPSA) is 80.3 Å². The molecule has 3 aromatic rings. The third-order valence-electron chi connectivity index (χ3n) is 8.95. The highest BCUT2D eigenvalue weighted by Gasteiger charge is 2.54. The fraction of sp³-hybridized carbons (Fsp3) is 0.552. The van der Waals surface area contributed by atoms with Crippen LogP contribution in [0.25, 0.3) is 22.3 Å². The predicted molar refractivity (Wildman–Crippen MR) is 145 cm³/mol. The Bertz CT molecular complexity index is 1340. The van der Waals surface area contributed by atoms with Gasteiger partial charge in [0.15, 0.2) is 0 Å². The number of hydrogen-bond acceptors (Lipinski definition) is 5. The minimum atomic E-state index is -0.530. The second-order valence-corrected chi connectivity index (χ2v) is 12.1. The van der Waals surface area contributed by atoms with E-state index in [2.05, 4.69) is 72.2 Å². The zero-order valence-corrected chi connectivity index (χ0v) is 22.2. The van der Waals surface area contributed by atoms with Crippen molar-refractivity contribution in [2.24, 2.45) is 0 Å². The Labute approximate surface area is 213 Å². The van der Waals surface area contributed by atoms with Gasteiger partial charge in [0.25, 0.3) is 0 Å². The van der Waals surface area contributed by atoms with Gasteiger partial charge < -0.3 is 15.2 Å². The van der Waals surface area contributed by atoms with Crippen molar-refractivity contribution in [3.8, 4) is 11.3 Å². The van der Waals surface area contributed by atoms with Crippen molar-refractivity contribution in [1.82, 2.24) is 19.4 Å². The van der Waals surface area contributed by atoms with Crippen LogP contribution in [0.5, 0.6) is 0 Å². The molecule has 2 N–H and O–H groups in total. The normalized spacial score (nSPS) is 26.0. The Kier molecular flexibility index (Phi) is 5.24. The maximum atomic E-state index is 13.7. The lowest BCUT2D eigenvalue weighted by Gasteiger charge is -2.55. The lowest BCUT2D eigenvalue weighted by molar-refractivity contribution is -0.123. The van der Waals surface area contributed by atoms with Crippen LogP contribution in [0.2, 0.25) is 0 Å². The van der Waals surface area contributed by atoms with Gasteiger partial charge in [-0.25, -0.2) is 9.97 Å². The molecule has 0 bridgehead atoms. The monoisotopic (exact) mass is 486 g/mol. The molecule has 2 fully saturated rings. The Hall–Kier alpha value is -2.93. The van der Waals surface area contributed by atoms with Gasteiger partial charge in [0.05, 0.1) is 23.0 Å². The quantitative estimate of drug-likeness (QED) is 0.542. The van der Waals surface area contributed by atoms with E-state index in [1.165, 1.54) is 32.4 Å². The van der Waals surface area contributed by atoms with Gasteiger partial charge >= 0.3 is 0 Å². The number of anilines is 2. The van der Waals surface area contributed by atoms with Crippen LogP contribution in [0.3, 0.4) is 0 Å². The number of imidazole rings is 1. The molecule has 3 aliphatic rings. The van der Waals surface area contributed by atoms with Gasteiger partial charge in [-0.15, -0.1) is 0 Å². The summed E-state index contributed by atoms with van der Waals surface area (Å²) in [7, 11) is 0. The second kappa shape index (κ2) is 8.04. The summed E-state index contributed by atoms with van der Waals surface area (Å²) in [6, 6.07) is 8.83. The third kappa shape index (κ3) is 3.39. The van der Waals surface area contributed by atoms with Gasteiger partial charge in [0, 0.05) is 28.9 Å².